The van der Waals surface area contributed by atoms with E-state index in [1.807, 2.05) is 0 Å². The molecule has 0 heterocycles. The number of carboxylic acid groups (broad SMARTS) is 2. The van der Waals surface area contributed by atoms with Crippen LogP contribution >= 0.6 is 0 Å². The Morgan fingerprint density at radius 2 is 1.58 bits per heavy atom. The molecule has 0 rings (SSSR count). The molecule has 1 atom stereocenters. The fraction of sp³-hybridized carbons (Fsp3) is 0.500. The fourth-order valence-corrected chi connectivity index (χ4v) is 0.253. The minimum atomic E-state index is -1.79. The van der Waals surface area contributed by atoms with Crippen LogP contribution in [0.5, 0.6) is 0 Å². The minimum Gasteiger partial charge on any atom is -1.00 e. The molecule has 0 aliphatic carbocycles. The first-order chi connectivity index (χ1) is 4.04. The standard InChI is InChI=1S/C4H6O5.Na.2H2O.H/c5-2(4(8)9)1-3(6)7;;;;/h2,5H,1H2,(H,6,7)(H,8,9);;2*1H2;/q;+1;;;-1. The topological polar surface area (TPSA) is 158 Å². The van der Waals surface area contributed by atoms with Crippen molar-refractivity contribution in [3.05, 3.63) is 0 Å². The molecule has 0 fully saturated rings. The summed E-state index contributed by atoms with van der Waals surface area (Å²) in [7, 11) is 0. The quantitative estimate of drug-likeness (QED) is 0.381. The van der Waals surface area contributed by atoms with Crippen molar-refractivity contribution in [3.8, 4) is 0 Å². The summed E-state index contributed by atoms with van der Waals surface area (Å²) in [5, 5.41) is 24.1. The van der Waals surface area contributed by atoms with Gasteiger partial charge in [0, 0.05) is 0 Å². The normalized spacial score (nSPS) is 9.42. The van der Waals surface area contributed by atoms with Gasteiger partial charge in [-0.25, -0.2) is 4.79 Å². The summed E-state index contributed by atoms with van der Waals surface area (Å²) in [5.74, 6) is -2.85. The zero-order chi connectivity index (χ0) is 7.44. The Hall–Kier alpha value is -0.180. The molecule has 0 saturated heterocycles. The minimum absolute atomic E-state index is 0. The Morgan fingerprint density at radius 1 is 1.25 bits per heavy atom. The number of hydrogen-bond donors (Lipinski definition) is 3. The summed E-state index contributed by atoms with van der Waals surface area (Å²) in [5.41, 5.74) is 0. The molecule has 0 aromatic heterocycles. The third kappa shape index (κ3) is 12.5. The second-order valence-corrected chi connectivity index (χ2v) is 1.45. The second kappa shape index (κ2) is 10.8. The van der Waals surface area contributed by atoms with Gasteiger partial charge in [-0.05, 0) is 0 Å². The van der Waals surface area contributed by atoms with Crippen LogP contribution in [0.25, 0.3) is 0 Å². The van der Waals surface area contributed by atoms with E-state index in [0.29, 0.717) is 0 Å². The van der Waals surface area contributed by atoms with Gasteiger partial charge in [-0.3, -0.25) is 4.79 Å². The molecule has 1 unspecified atom stereocenters. The van der Waals surface area contributed by atoms with Crippen LogP contribution in [0.1, 0.15) is 7.85 Å². The molecule has 8 heteroatoms. The number of aliphatic carboxylic acids is 2. The van der Waals surface area contributed by atoms with Crippen molar-refractivity contribution in [3.63, 3.8) is 0 Å². The van der Waals surface area contributed by atoms with Gasteiger partial charge in [0.2, 0.25) is 0 Å². The summed E-state index contributed by atoms with van der Waals surface area (Å²) >= 11 is 0. The molecule has 12 heavy (non-hydrogen) atoms. The van der Waals surface area contributed by atoms with Crippen LogP contribution in [-0.4, -0.2) is 44.3 Å². The number of carbonyl (C=O) groups is 2. The van der Waals surface area contributed by atoms with E-state index in [0.717, 1.165) is 0 Å². The largest absolute Gasteiger partial charge is 1.00 e. The first-order valence-electron chi connectivity index (χ1n) is 2.16. The van der Waals surface area contributed by atoms with Gasteiger partial charge in [-0.15, -0.1) is 0 Å². The number of rotatable bonds is 3. The Morgan fingerprint density at radius 3 is 1.67 bits per heavy atom. The van der Waals surface area contributed by atoms with E-state index in [-0.39, 0.29) is 41.9 Å². The third-order valence-electron chi connectivity index (χ3n) is 0.653. The number of carboxylic acids is 2. The van der Waals surface area contributed by atoms with Gasteiger partial charge in [0.1, 0.15) is 0 Å². The van der Waals surface area contributed by atoms with Crippen molar-refractivity contribution >= 4 is 11.9 Å². The van der Waals surface area contributed by atoms with Crippen LogP contribution in [0.4, 0.5) is 0 Å². The Bertz CT molecular complexity index is 140. The number of hydrogen-bond acceptors (Lipinski definition) is 3. The maximum Gasteiger partial charge on any atom is 1.00 e. The Labute approximate surface area is 91.4 Å². The molecular formula is C4H11NaO7. The van der Waals surface area contributed by atoms with E-state index < -0.39 is 24.5 Å². The van der Waals surface area contributed by atoms with Gasteiger partial charge in [0.15, 0.2) is 6.10 Å². The molecular weight excluding hydrogens is 183 g/mol. The number of aliphatic hydroxyl groups excluding tert-OH is 1. The van der Waals surface area contributed by atoms with Gasteiger partial charge in [-0.1, -0.05) is 0 Å². The molecule has 7 nitrogen and oxygen atoms in total. The first-order valence-corrected chi connectivity index (χ1v) is 2.16. The van der Waals surface area contributed by atoms with Crippen LogP contribution in [0.15, 0.2) is 0 Å². The van der Waals surface area contributed by atoms with Crippen molar-refractivity contribution < 1.29 is 66.8 Å². The first kappa shape index (κ1) is 22.6. The summed E-state index contributed by atoms with van der Waals surface area (Å²) in [6.45, 7) is 0. The molecule has 0 amide bonds. The molecule has 0 bridgehead atoms. The van der Waals surface area contributed by atoms with Crippen molar-refractivity contribution in [1.29, 1.82) is 0 Å². The smallest absolute Gasteiger partial charge is 1.00 e. The molecule has 0 aliphatic heterocycles. The van der Waals surface area contributed by atoms with Crippen LogP contribution in [0, 0.1) is 0 Å². The van der Waals surface area contributed by atoms with Crippen LogP contribution in [0.3, 0.4) is 0 Å². The molecule has 0 saturated carbocycles. The van der Waals surface area contributed by atoms with Crippen molar-refractivity contribution in [2.24, 2.45) is 0 Å². The average molecular weight is 194 g/mol. The van der Waals surface area contributed by atoms with Crippen LogP contribution in [0.2, 0.25) is 0 Å². The van der Waals surface area contributed by atoms with Crippen molar-refractivity contribution in [2.45, 2.75) is 12.5 Å². The predicted molar refractivity (Wildman–Crippen MR) is 34.2 cm³/mol. The van der Waals surface area contributed by atoms with Gasteiger partial charge in [-0.2, -0.15) is 0 Å². The zero-order valence-electron chi connectivity index (χ0n) is 7.44. The number of aliphatic hydroxyl groups is 1. The molecule has 0 aliphatic rings. The SMILES string of the molecule is O.O.O=C(O)CC(O)C(=O)O.[H-].[Na+]. The van der Waals surface area contributed by atoms with E-state index in [1.165, 1.54) is 0 Å². The molecule has 0 radical (unpaired) electrons. The van der Waals surface area contributed by atoms with Crippen molar-refractivity contribution in [2.75, 3.05) is 0 Å². The van der Waals surface area contributed by atoms with Crippen LogP contribution < -0.4 is 29.6 Å². The molecule has 70 valence electrons. The molecule has 0 aromatic carbocycles. The van der Waals surface area contributed by atoms with Crippen molar-refractivity contribution in [1.82, 2.24) is 0 Å². The van der Waals surface area contributed by atoms with Gasteiger partial charge in [0.05, 0.1) is 6.42 Å². The summed E-state index contributed by atoms with van der Waals surface area (Å²) < 4.78 is 0. The summed E-state index contributed by atoms with van der Waals surface area (Å²) in [4.78, 5) is 19.4. The summed E-state index contributed by atoms with van der Waals surface area (Å²) in [6, 6.07) is 0. The van der Waals surface area contributed by atoms with Gasteiger partial charge < -0.3 is 27.7 Å². The second-order valence-electron chi connectivity index (χ2n) is 1.45. The van der Waals surface area contributed by atoms with Gasteiger partial charge >= 0.3 is 41.5 Å². The van der Waals surface area contributed by atoms with E-state index in [9.17, 15) is 9.59 Å². The fourth-order valence-electron chi connectivity index (χ4n) is 0.253. The van der Waals surface area contributed by atoms with Gasteiger partial charge in [0.25, 0.3) is 0 Å². The van der Waals surface area contributed by atoms with E-state index >= 15 is 0 Å². The third-order valence-corrected chi connectivity index (χ3v) is 0.653. The Kier molecular flexibility index (Phi) is 20.4. The predicted octanol–water partition coefficient (Wildman–Crippen LogP) is -5.63. The maximum absolute atomic E-state index is 9.72. The Balaban J connectivity index is -0.0000000533. The van der Waals surface area contributed by atoms with E-state index in [4.69, 9.17) is 15.3 Å². The molecule has 0 spiro atoms. The molecule has 0 aromatic rings. The monoisotopic (exact) mass is 194 g/mol. The van der Waals surface area contributed by atoms with Crippen LogP contribution in [-0.2, 0) is 9.59 Å². The van der Waals surface area contributed by atoms with E-state index in [1.54, 1.807) is 0 Å². The van der Waals surface area contributed by atoms with E-state index in [2.05, 4.69) is 0 Å². The zero-order valence-corrected chi connectivity index (χ0v) is 8.44. The maximum atomic E-state index is 9.72. The summed E-state index contributed by atoms with van der Waals surface area (Å²) in [6.07, 6.45) is -2.54. The average Bonchev–Trinajstić information content (AvgIpc) is 1.63. The molecule has 7 N–H and O–H groups in total.